The number of nitrogens with two attached hydrogens (primary N) is 1. The minimum atomic E-state index is -0.509. The lowest BCUT2D eigenvalue weighted by Crippen LogP contribution is -2.03. The van der Waals surface area contributed by atoms with Gasteiger partial charge in [0.1, 0.15) is 0 Å². The van der Waals surface area contributed by atoms with Gasteiger partial charge in [-0.25, -0.2) is 4.79 Å². The van der Waals surface area contributed by atoms with Crippen LogP contribution in [0.4, 0.5) is 0 Å². The van der Waals surface area contributed by atoms with Crippen molar-refractivity contribution in [3.05, 3.63) is 12.4 Å². The summed E-state index contributed by atoms with van der Waals surface area (Å²) in [5, 5.41) is 15.5. The van der Waals surface area contributed by atoms with Crippen LogP contribution >= 0.6 is 0 Å². The first kappa shape index (κ1) is 8.99. The standard InChI is InChI=1S/C2H3N3O.C2H3N3/c3-2(4)5-1-6;1-2-4-5-3-1/h(H3,3,4);1-2H,(H,3,4,5). The molecule has 1 aromatic rings. The van der Waals surface area contributed by atoms with E-state index in [1.807, 2.05) is 0 Å². The molecule has 11 heavy (non-hydrogen) atoms. The summed E-state index contributed by atoms with van der Waals surface area (Å²) in [7, 11) is 0. The number of nitrogens with zero attached hydrogens (tertiary/aromatic N) is 3. The van der Waals surface area contributed by atoms with Gasteiger partial charge in [-0.1, -0.05) is 5.21 Å². The summed E-state index contributed by atoms with van der Waals surface area (Å²) >= 11 is 0. The normalized spacial score (nSPS) is 6.91. The number of guanidine groups is 1. The molecule has 7 heteroatoms. The van der Waals surface area contributed by atoms with Crippen LogP contribution in [0, 0.1) is 5.41 Å². The van der Waals surface area contributed by atoms with Crippen LogP contribution in [0.3, 0.4) is 0 Å². The number of hydrogen-bond acceptors (Lipinski definition) is 4. The molecule has 0 fully saturated rings. The van der Waals surface area contributed by atoms with Crippen molar-refractivity contribution < 1.29 is 4.79 Å². The van der Waals surface area contributed by atoms with Gasteiger partial charge in [-0.2, -0.15) is 0 Å². The molecule has 0 unspecified atom stereocenters. The average Bonchev–Trinajstić information content (AvgIpc) is 2.41. The van der Waals surface area contributed by atoms with Crippen molar-refractivity contribution in [3.8, 4) is 0 Å². The third-order valence-corrected chi connectivity index (χ3v) is 0.497. The molecule has 1 aromatic heterocycles. The Labute approximate surface area is 61.8 Å². The summed E-state index contributed by atoms with van der Waals surface area (Å²) in [5.74, 6) is -0.509. The highest BCUT2D eigenvalue weighted by atomic mass is 16.1. The Morgan fingerprint density at radius 2 is 2.55 bits per heavy atom. The monoisotopic (exact) mass is 154 g/mol. The summed E-state index contributed by atoms with van der Waals surface area (Å²) in [6, 6.07) is 0. The van der Waals surface area contributed by atoms with Gasteiger partial charge in [0.2, 0.25) is 12.0 Å². The second-order valence-electron chi connectivity index (χ2n) is 1.25. The van der Waals surface area contributed by atoms with E-state index in [2.05, 4.69) is 26.1 Å². The molecular formula is C4H6N6O. The van der Waals surface area contributed by atoms with Crippen molar-refractivity contribution in [1.29, 1.82) is 5.41 Å². The number of hydrogen-bond donors (Lipinski definition) is 3. The Morgan fingerprint density at radius 3 is 2.64 bits per heavy atom. The van der Waals surface area contributed by atoms with Crippen molar-refractivity contribution in [3.63, 3.8) is 0 Å². The maximum Gasteiger partial charge on any atom is 0.243 e. The van der Waals surface area contributed by atoms with E-state index >= 15 is 0 Å². The summed E-state index contributed by atoms with van der Waals surface area (Å²) in [6.45, 7) is 0. The van der Waals surface area contributed by atoms with E-state index in [4.69, 9.17) is 10.2 Å². The van der Waals surface area contributed by atoms with Gasteiger partial charge >= 0.3 is 0 Å². The number of H-pyrrole nitrogens is 1. The third kappa shape index (κ3) is 7.99. The van der Waals surface area contributed by atoms with Crippen LogP contribution in [0.5, 0.6) is 0 Å². The van der Waals surface area contributed by atoms with Crippen LogP contribution in [0.15, 0.2) is 17.4 Å². The Bertz CT molecular complexity index is 218. The minimum absolute atomic E-state index is 0.509. The largest absolute Gasteiger partial charge is 0.368 e. The quantitative estimate of drug-likeness (QED) is 0.252. The lowest BCUT2D eigenvalue weighted by Gasteiger charge is -1.69. The van der Waals surface area contributed by atoms with Crippen molar-refractivity contribution in [1.82, 2.24) is 15.4 Å². The Balaban J connectivity index is 0.000000183. The van der Waals surface area contributed by atoms with E-state index in [9.17, 15) is 0 Å². The van der Waals surface area contributed by atoms with Crippen molar-refractivity contribution in [2.75, 3.05) is 0 Å². The van der Waals surface area contributed by atoms with Gasteiger partial charge in [0.05, 0.1) is 6.20 Å². The lowest BCUT2D eigenvalue weighted by molar-refractivity contribution is 0.565. The predicted molar refractivity (Wildman–Crippen MR) is 36.4 cm³/mol. The zero-order chi connectivity index (χ0) is 8.53. The Kier molecular flexibility index (Phi) is 5.00. The molecule has 0 aliphatic rings. The SMILES string of the molecule is N=C(N)N=C=O.c1c[nH]nn1. The van der Waals surface area contributed by atoms with Crippen LogP contribution in [0.2, 0.25) is 0 Å². The van der Waals surface area contributed by atoms with Crippen LogP contribution in [-0.2, 0) is 4.79 Å². The fraction of sp³-hybridized carbons (Fsp3) is 0. The maximum absolute atomic E-state index is 9.10. The highest BCUT2D eigenvalue weighted by molar-refractivity contribution is 5.79. The van der Waals surface area contributed by atoms with Crippen molar-refractivity contribution in [2.45, 2.75) is 0 Å². The van der Waals surface area contributed by atoms with Gasteiger partial charge in [0.15, 0.2) is 0 Å². The summed E-state index contributed by atoms with van der Waals surface area (Å²) < 4.78 is 0. The minimum Gasteiger partial charge on any atom is -0.368 e. The number of rotatable bonds is 0. The van der Waals surface area contributed by atoms with Gasteiger partial charge < -0.3 is 5.73 Å². The van der Waals surface area contributed by atoms with Gasteiger partial charge in [-0.05, 0) is 0 Å². The predicted octanol–water partition coefficient (Wildman–Crippen LogP) is -0.980. The topological polar surface area (TPSA) is 121 Å². The van der Waals surface area contributed by atoms with Crippen LogP contribution in [-0.4, -0.2) is 27.5 Å². The first-order valence-corrected chi connectivity index (χ1v) is 2.49. The fourth-order valence-corrected chi connectivity index (χ4v) is 0.216. The van der Waals surface area contributed by atoms with E-state index in [1.54, 1.807) is 12.4 Å². The molecule has 0 aromatic carbocycles. The summed E-state index contributed by atoms with van der Waals surface area (Å²) in [4.78, 5) is 11.8. The fourth-order valence-electron chi connectivity index (χ4n) is 0.216. The highest BCUT2D eigenvalue weighted by Gasteiger charge is 1.69. The number of aromatic nitrogens is 3. The van der Waals surface area contributed by atoms with Crippen LogP contribution in [0.25, 0.3) is 0 Å². The number of isocyanates is 1. The first-order valence-electron chi connectivity index (χ1n) is 2.49. The Morgan fingerprint density at radius 1 is 1.82 bits per heavy atom. The van der Waals surface area contributed by atoms with Crippen LogP contribution in [0.1, 0.15) is 0 Å². The molecule has 0 amide bonds. The van der Waals surface area contributed by atoms with Crippen molar-refractivity contribution >= 4 is 12.0 Å². The first-order chi connectivity index (χ1) is 5.27. The molecule has 0 aliphatic heterocycles. The number of aliphatic imine (C=N–C) groups is 1. The van der Waals surface area contributed by atoms with E-state index in [0.717, 1.165) is 6.08 Å². The van der Waals surface area contributed by atoms with Gasteiger partial charge in [-0.3, -0.25) is 10.5 Å². The summed E-state index contributed by atoms with van der Waals surface area (Å²) in [6.07, 6.45) is 4.33. The molecule has 0 spiro atoms. The van der Waals surface area contributed by atoms with E-state index in [1.165, 1.54) is 0 Å². The van der Waals surface area contributed by atoms with Gasteiger partial charge in [0.25, 0.3) is 0 Å². The lowest BCUT2D eigenvalue weighted by atomic mass is 11.0. The van der Waals surface area contributed by atoms with E-state index in [0.29, 0.717) is 0 Å². The number of aromatic amines is 1. The van der Waals surface area contributed by atoms with E-state index < -0.39 is 5.96 Å². The molecule has 0 aliphatic carbocycles. The molecular weight excluding hydrogens is 148 g/mol. The number of nitrogens with one attached hydrogen (secondary N) is 2. The molecule has 0 saturated heterocycles. The summed E-state index contributed by atoms with van der Waals surface area (Å²) in [5.41, 5.74) is 4.56. The Hall–Kier alpha value is -2.01. The average molecular weight is 154 g/mol. The van der Waals surface area contributed by atoms with E-state index in [-0.39, 0.29) is 0 Å². The van der Waals surface area contributed by atoms with Gasteiger partial charge in [0, 0.05) is 6.20 Å². The third-order valence-electron chi connectivity index (χ3n) is 0.497. The van der Waals surface area contributed by atoms with Crippen LogP contribution < -0.4 is 5.73 Å². The second kappa shape index (κ2) is 6.12. The molecule has 0 atom stereocenters. The molecule has 1 heterocycles. The molecule has 7 nitrogen and oxygen atoms in total. The smallest absolute Gasteiger partial charge is 0.243 e. The molecule has 1 rings (SSSR count). The highest BCUT2D eigenvalue weighted by Crippen LogP contribution is 1.55. The molecule has 58 valence electrons. The number of carbonyl (C=O) groups excluding carboxylic acids is 1. The molecule has 4 N–H and O–H groups in total. The second-order valence-corrected chi connectivity index (χ2v) is 1.25. The zero-order valence-corrected chi connectivity index (χ0v) is 5.48. The molecule has 0 bridgehead atoms. The van der Waals surface area contributed by atoms with Gasteiger partial charge in [-0.15, -0.1) is 10.1 Å². The molecule has 0 saturated carbocycles. The maximum atomic E-state index is 9.10. The zero-order valence-electron chi connectivity index (χ0n) is 5.48. The van der Waals surface area contributed by atoms with Crippen molar-refractivity contribution in [2.24, 2.45) is 10.7 Å². The molecule has 0 radical (unpaired) electrons.